The van der Waals surface area contributed by atoms with Crippen LogP contribution in [0.1, 0.15) is 11.1 Å². The number of thioether (sulfide) groups is 1. The van der Waals surface area contributed by atoms with Crippen molar-refractivity contribution in [3.63, 3.8) is 0 Å². The number of hydrazone groups is 1. The molecule has 0 aliphatic carbocycles. The molecule has 1 aromatic heterocycles. The monoisotopic (exact) mass is 320 g/mol. The first-order chi connectivity index (χ1) is 11.4. The van der Waals surface area contributed by atoms with Gasteiger partial charge in [0.25, 0.3) is 0 Å². The topological polar surface area (TPSA) is 52.5 Å². The molecular weight excluding hydrogens is 304 g/mol. The number of nitrogens with zero attached hydrogens (tertiary/aromatic N) is 2. The van der Waals surface area contributed by atoms with Gasteiger partial charge in [-0.1, -0.05) is 60.3 Å². The predicted molar refractivity (Wildman–Crippen MR) is 98.0 cm³/mol. The molecule has 0 spiro atoms. The van der Waals surface area contributed by atoms with Gasteiger partial charge in [-0.15, -0.1) is 0 Å². The quantitative estimate of drug-likeness (QED) is 0.772. The van der Waals surface area contributed by atoms with Crippen LogP contribution in [0, 0.1) is 0 Å². The normalized spacial score (nSPS) is 16.3. The van der Waals surface area contributed by atoms with Crippen molar-refractivity contribution in [1.82, 2.24) is 10.4 Å². The lowest BCUT2D eigenvalue weighted by molar-refractivity contribution is 0.987. The second-order valence-corrected chi connectivity index (χ2v) is 6.28. The van der Waals surface area contributed by atoms with Crippen LogP contribution in [0.2, 0.25) is 0 Å². The average molecular weight is 320 g/mol. The molecule has 0 saturated heterocycles. The molecule has 4 rings (SSSR count). The smallest absolute Gasteiger partial charge is 0.177 e. The number of fused-ring (bicyclic) bond motifs is 1. The Hall–Kier alpha value is -2.53. The molecule has 0 atom stereocenters. The van der Waals surface area contributed by atoms with Crippen LogP contribution in [0.5, 0.6) is 0 Å². The Bertz CT molecular complexity index is 880. The number of nitrogens with one attached hydrogen (secondary N) is 2. The Morgan fingerprint density at radius 3 is 2.70 bits per heavy atom. The SMILES string of the molecule is c1ccc(CN=C2NN=C(c3c[nH]c4ccccc34)CS2)cc1. The minimum Gasteiger partial charge on any atom is -0.360 e. The molecule has 2 aromatic carbocycles. The van der Waals surface area contributed by atoms with E-state index in [0.717, 1.165) is 27.7 Å². The number of hydrogen-bond donors (Lipinski definition) is 2. The van der Waals surface area contributed by atoms with Gasteiger partial charge in [0.05, 0.1) is 12.3 Å². The number of aliphatic imine (C=N–C) groups is 1. The molecule has 1 aliphatic heterocycles. The second-order valence-electron chi connectivity index (χ2n) is 5.31. The summed E-state index contributed by atoms with van der Waals surface area (Å²) in [6.45, 7) is 0.675. The van der Waals surface area contributed by atoms with Gasteiger partial charge in [0.1, 0.15) is 0 Å². The molecule has 5 heteroatoms. The molecule has 2 N–H and O–H groups in total. The molecule has 0 unspecified atom stereocenters. The number of hydrogen-bond acceptors (Lipinski definition) is 3. The molecule has 2 heterocycles. The Balaban J connectivity index is 1.51. The lowest BCUT2D eigenvalue weighted by Crippen LogP contribution is -2.25. The van der Waals surface area contributed by atoms with E-state index in [2.05, 4.69) is 50.8 Å². The number of benzene rings is 2. The van der Waals surface area contributed by atoms with Gasteiger partial charge >= 0.3 is 0 Å². The lowest BCUT2D eigenvalue weighted by atomic mass is 10.1. The molecule has 1 aliphatic rings. The molecule has 4 nitrogen and oxygen atoms in total. The van der Waals surface area contributed by atoms with E-state index in [-0.39, 0.29) is 0 Å². The number of aromatic nitrogens is 1. The first-order valence-electron chi connectivity index (χ1n) is 7.50. The van der Waals surface area contributed by atoms with E-state index in [1.807, 2.05) is 30.5 Å². The van der Waals surface area contributed by atoms with Gasteiger partial charge in [0.15, 0.2) is 5.17 Å². The molecule has 0 saturated carbocycles. The molecule has 23 heavy (non-hydrogen) atoms. The van der Waals surface area contributed by atoms with E-state index >= 15 is 0 Å². The third-order valence-electron chi connectivity index (χ3n) is 3.78. The lowest BCUT2D eigenvalue weighted by Gasteiger charge is -2.14. The fraction of sp³-hybridized carbons (Fsp3) is 0.111. The summed E-state index contributed by atoms with van der Waals surface area (Å²) < 4.78 is 0. The number of para-hydroxylation sites is 1. The molecule has 0 radical (unpaired) electrons. The highest BCUT2D eigenvalue weighted by Gasteiger charge is 2.15. The van der Waals surface area contributed by atoms with E-state index in [9.17, 15) is 0 Å². The van der Waals surface area contributed by atoms with Gasteiger partial charge < -0.3 is 4.98 Å². The Labute approximate surface area is 138 Å². The summed E-state index contributed by atoms with van der Waals surface area (Å²) in [5, 5.41) is 6.59. The Kier molecular flexibility index (Phi) is 3.86. The third kappa shape index (κ3) is 3.00. The minimum atomic E-state index is 0.675. The number of rotatable bonds is 3. The first kappa shape index (κ1) is 14.1. The highest BCUT2D eigenvalue weighted by atomic mass is 32.2. The average Bonchev–Trinajstić information content (AvgIpc) is 3.05. The van der Waals surface area contributed by atoms with Crippen molar-refractivity contribution in [2.24, 2.45) is 10.1 Å². The van der Waals surface area contributed by atoms with Crippen LogP contribution in [-0.4, -0.2) is 21.6 Å². The van der Waals surface area contributed by atoms with Crippen molar-refractivity contribution in [3.8, 4) is 0 Å². The maximum absolute atomic E-state index is 4.59. The van der Waals surface area contributed by atoms with Crippen molar-refractivity contribution in [2.75, 3.05) is 5.75 Å². The summed E-state index contributed by atoms with van der Waals surface area (Å²) in [5.74, 6) is 0.822. The van der Waals surface area contributed by atoms with Crippen molar-refractivity contribution >= 4 is 33.5 Å². The Morgan fingerprint density at radius 1 is 1.04 bits per heavy atom. The highest BCUT2D eigenvalue weighted by molar-refractivity contribution is 8.14. The number of H-pyrrole nitrogens is 1. The van der Waals surface area contributed by atoms with Gasteiger partial charge in [-0.3, -0.25) is 10.4 Å². The molecule has 0 amide bonds. The predicted octanol–water partition coefficient (Wildman–Crippen LogP) is 3.76. The zero-order valence-electron chi connectivity index (χ0n) is 12.5. The summed E-state index contributed by atoms with van der Waals surface area (Å²) in [5.41, 5.74) is 7.62. The van der Waals surface area contributed by atoms with Gasteiger partial charge in [-0.05, 0) is 11.6 Å². The summed E-state index contributed by atoms with van der Waals surface area (Å²) in [6.07, 6.45) is 2.03. The number of amidine groups is 1. The van der Waals surface area contributed by atoms with Crippen LogP contribution in [0.4, 0.5) is 0 Å². The van der Waals surface area contributed by atoms with Crippen LogP contribution < -0.4 is 5.43 Å². The molecule has 3 aromatic rings. The highest BCUT2D eigenvalue weighted by Crippen LogP contribution is 2.22. The second kappa shape index (κ2) is 6.30. The third-order valence-corrected chi connectivity index (χ3v) is 4.69. The summed E-state index contributed by atoms with van der Waals surface area (Å²) in [6, 6.07) is 18.5. The molecule has 0 bridgehead atoms. The summed E-state index contributed by atoms with van der Waals surface area (Å²) >= 11 is 1.69. The van der Waals surface area contributed by atoms with E-state index in [1.54, 1.807) is 11.8 Å². The molecular formula is C18H16N4S. The zero-order valence-corrected chi connectivity index (χ0v) is 13.3. The van der Waals surface area contributed by atoms with Gasteiger partial charge in [0.2, 0.25) is 0 Å². The van der Waals surface area contributed by atoms with Crippen molar-refractivity contribution in [1.29, 1.82) is 0 Å². The largest absolute Gasteiger partial charge is 0.360 e. The zero-order chi connectivity index (χ0) is 15.5. The van der Waals surface area contributed by atoms with Crippen LogP contribution in [0.25, 0.3) is 10.9 Å². The van der Waals surface area contributed by atoms with Gasteiger partial charge in [0, 0.05) is 28.4 Å². The van der Waals surface area contributed by atoms with Crippen LogP contribution >= 0.6 is 11.8 Å². The van der Waals surface area contributed by atoms with Crippen LogP contribution in [0.15, 0.2) is 70.9 Å². The summed E-state index contributed by atoms with van der Waals surface area (Å²) in [4.78, 5) is 7.88. The maximum Gasteiger partial charge on any atom is 0.177 e. The van der Waals surface area contributed by atoms with E-state index in [1.165, 1.54) is 10.9 Å². The van der Waals surface area contributed by atoms with Crippen LogP contribution in [0.3, 0.4) is 0 Å². The Morgan fingerprint density at radius 2 is 1.87 bits per heavy atom. The van der Waals surface area contributed by atoms with E-state index in [0.29, 0.717) is 6.54 Å². The van der Waals surface area contributed by atoms with Crippen molar-refractivity contribution in [2.45, 2.75) is 6.54 Å². The van der Waals surface area contributed by atoms with Gasteiger partial charge in [-0.25, -0.2) is 0 Å². The molecule has 114 valence electrons. The van der Waals surface area contributed by atoms with Crippen molar-refractivity contribution < 1.29 is 0 Å². The van der Waals surface area contributed by atoms with Gasteiger partial charge in [-0.2, -0.15) is 5.10 Å². The van der Waals surface area contributed by atoms with E-state index < -0.39 is 0 Å². The minimum absolute atomic E-state index is 0.675. The number of aromatic amines is 1. The fourth-order valence-electron chi connectivity index (χ4n) is 2.59. The first-order valence-corrected chi connectivity index (χ1v) is 8.49. The molecule has 0 fully saturated rings. The fourth-order valence-corrected chi connectivity index (χ4v) is 3.35. The summed E-state index contributed by atoms with van der Waals surface area (Å²) in [7, 11) is 0. The maximum atomic E-state index is 4.59. The van der Waals surface area contributed by atoms with E-state index in [4.69, 9.17) is 0 Å². The van der Waals surface area contributed by atoms with Crippen LogP contribution in [-0.2, 0) is 6.54 Å². The standard InChI is InChI=1S/C18H16N4S/c1-2-6-13(7-3-1)10-20-18-22-21-17(12-23-18)15-11-19-16-9-5-4-8-14(15)16/h1-9,11,19H,10,12H2,(H,20,22). The van der Waals surface area contributed by atoms with Crippen molar-refractivity contribution in [3.05, 3.63) is 71.9 Å².